The van der Waals surface area contributed by atoms with E-state index >= 15 is 0 Å². The summed E-state index contributed by atoms with van der Waals surface area (Å²) in [6, 6.07) is 11.1. The molecule has 0 fully saturated rings. The molecule has 2 aromatic rings. The lowest BCUT2D eigenvalue weighted by atomic mass is 10.00. The predicted octanol–water partition coefficient (Wildman–Crippen LogP) is 4.76. The maximum absolute atomic E-state index is 13.6. The maximum atomic E-state index is 13.6. The minimum atomic E-state index is -0.431. The first kappa shape index (κ1) is 21.4. The Morgan fingerprint density at radius 3 is 2.84 bits per heavy atom. The summed E-state index contributed by atoms with van der Waals surface area (Å²) in [4.78, 5) is 7.07. The minimum Gasteiger partial charge on any atom is -0.387 e. The van der Waals surface area contributed by atoms with Crippen molar-refractivity contribution in [1.29, 1.82) is 0 Å². The Balaban J connectivity index is 1.64. The standard InChI is InChI=1S/C24H27ClFN5/c1-31(2)12-4-5-16-7-10-22-19(13-16)24(28-18-8-9-21(26)20(25)14-18)30-23(29-22)17-6-3-11-27-15-17/h3,6-11,13-14,24,27-28H,4-5,12,15H2,1-2H3,(H,29,30). The van der Waals surface area contributed by atoms with Gasteiger partial charge in [0, 0.05) is 23.4 Å². The van der Waals surface area contributed by atoms with Crippen LogP contribution in [0.4, 0.5) is 15.8 Å². The number of aliphatic imine (C=N–C) groups is 1. The van der Waals surface area contributed by atoms with Crippen LogP contribution in [0.25, 0.3) is 0 Å². The zero-order chi connectivity index (χ0) is 21.8. The molecular formula is C24H27ClFN5. The molecule has 162 valence electrons. The van der Waals surface area contributed by atoms with Crippen LogP contribution in [0.1, 0.15) is 23.7 Å². The summed E-state index contributed by atoms with van der Waals surface area (Å²) in [5, 5.41) is 10.3. The molecular weight excluding hydrogens is 413 g/mol. The molecule has 1 atom stereocenters. The van der Waals surface area contributed by atoms with Gasteiger partial charge in [-0.05, 0) is 81.7 Å². The van der Waals surface area contributed by atoms with E-state index in [4.69, 9.17) is 16.6 Å². The normalized spacial score (nSPS) is 17.4. The second-order valence-corrected chi connectivity index (χ2v) is 8.45. The van der Waals surface area contributed by atoms with Crippen LogP contribution >= 0.6 is 11.6 Å². The van der Waals surface area contributed by atoms with Gasteiger partial charge in [0.2, 0.25) is 0 Å². The molecule has 0 saturated heterocycles. The number of allylic oxidation sites excluding steroid dienone is 2. The number of hydrogen-bond acceptors (Lipinski definition) is 5. The Kier molecular flexibility index (Phi) is 6.59. The Morgan fingerprint density at radius 2 is 2.10 bits per heavy atom. The number of halogens is 2. The van der Waals surface area contributed by atoms with Crippen LogP contribution in [0.3, 0.4) is 0 Å². The van der Waals surface area contributed by atoms with E-state index in [0.29, 0.717) is 6.54 Å². The van der Waals surface area contributed by atoms with Gasteiger partial charge in [-0.2, -0.15) is 0 Å². The van der Waals surface area contributed by atoms with Crippen molar-refractivity contribution < 1.29 is 4.39 Å². The van der Waals surface area contributed by atoms with E-state index in [1.54, 1.807) is 12.1 Å². The molecule has 2 aliphatic heterocycles. The van der Waals surface area contributed by atoms with Gasteiger partial charge in [-0.15, -0.1) is 0 Å². The average molecular weight is 440 g/mol. The summed E-state index contributed by atoms with van der Waals surface area (Å²) >= 11 is 6.00. The SMILES string of the molecule is CN(C)CCCc1ccc2c(c1)C(Nc1ccc(F)c(Cl)c1)NC(C1=CC=CNC1)=N2. The number of nitrogens with one attached hydrogen (secondary N) is 3. The number of fused-ring (bicyclic) bond motifs is 1. The molecule has 1 unspecified atom stereocenters. The lowest BCUT2D eigenvalue weighted by molar-refractivity contribution is 0.400. The predicted molar refractivity (Wildman–Crippen MR) is 127 cm³/mol. The molecule has 2 aromatic carbocycles. The molecule has 7 heteroatoms. The fraction of sp³-hybridized carbons (Fsp3) is 0.292. The molecule has 3 N–H and O–H groups in total. The Labute approximate surface area is 187 Å². The molecule has 0 aromatic heterocycles. The van der Waals surface area contributed by atoms with Crippen LogP contribution in [0, 0.1) is 5.82 Å². The van der Waals surface area contributed by atoms with Crippen molar-refractivity contribution in [2.24, 2.45) is 4.99 Å². The number of hydrogen-bond donors (Lipinski definition) is 3. The summed E-state index contributed by atoms with van der Waals surface area (Å²) < 4.78 is 13.6. The number of amidine groups is 1. The van der Waals surface area contributed by atoms with Crippen LogP contribution in [0.15, 0.2) is 65.3 Å². The van der Waals surface area contributed by atoms with Crippen molar-refractivity contribution >= 4 is 28.8 Å². The third-order valence-corrected chi connectivity index (χ3v) is 5.62. The van der Waals surface area contributed by atoms with E-state index in [9.17, 15) is 4.39 Å². The first-order valence-electron chi connectivity index (χ1n) is 10.4. The zero-order valence-electron chi connectivity index (χ0n) is 17.8. The van der Waals surface area contributed by atoms with Crippen molar-refractivity contribution in [3.05, 3.63) is 82.3 Å². The van der Waals surface area contributed by atoms with Crippen molar-refractivity contribution in [2.45, 2.75) is 19.0 Å². The van der Waals surface area contributed by atoms with Gasteiger partial charge in [-0.3, -0.25) is 0 Å². The lowest BCUT2D eigenvalue weighted by Gasteiger charge is -2.30. The number of rotatable bonds is 7. The molecule has 2 heterocycles. The van der Waals surface area contributed by atoms with E-state index in [0.717, 1.165) is 47.7 Å². The fourth-order valence-corrected chi connectivity index (χ4v) is 3.89. The van der Waals surface area contributed by atoms with E-state index in [1.807, 2.05) is 12.3 Å². The van der Waals surface area contributed by atoms with Gasteiger partial charge in [0.1, 0.15) is 17.8 Å². The highest BCUT2D eigenvalue weighted by Gasteiger charge is 2.24. The summed E-state index contributed by atoms with van der Waals surface area (Å²) in [6.07, 6.45) is 7.80. The quantitative estimate of drug-likeness (QED) is 0.582. The van der Waals surface area contributed by atoms with E-state index in [-0.39, 0.29) is 11.2 Å². The van der Waals surface area contributed by atoms with Crippen LogP contribution < -0.4 is 16.0 Å². The van der Waals surface area contributed by atoms with Crippen LogP contribution in [0.5, 0.6) is 0 Å². The molecule has 0 radical (unpaired) electrons. The number of nitrogens with zero attached hydrogens (tertiary/aromatic N) is 2. The third kappa shape index (κ3) is 5.27. The molecule has 0 aliphatic carbocycles. The highest BCUT2D eigenvalue weighted by Crippen LogP contribution is 2.33. The minimum absolute atomic E-state index is 0.0942. The lowest BCUT2D eigenvalue weighted by Crippen LogP contribution is -2.39. The second-order valence-electron chi connectivity index (χ2n) is 8.04. The van der Waals surface area contributed by atoms with Gasteiger partial charge >= 0.3 is 0 Å². The average Bonchev–Trinajstić information content (AvgIpc) is 2.77. The van der Waals surface area contributed by atoms with Crippen LogP contribution in [0.2, 0.25) is 5.02 Å². The molecule has 0 spiro atoms. The number of aryl methyl sites for hydroxylation is 1. The van der Waals surface area contributed by atoms with Gasteiger partial charge in [0.25, 0.3) is 0 Å². The smallest absolute Gasteiger partial charge is 0.141 e. The highest BCUT2D eigenvalue weighted by atomic mass is 35.5. The van der Waals surface area contributed by atoms with E-state index in [1.165, 1.54) is 11.6 Å². The van der Waals surface area contributed by atoms with Gasteiger partial charge < -0.3 is 20.9 Å². The van der Waals surface area contributed by atoms with Crippen molar-refractivity contribution in [1.82, 2.24) is 15.5 Å². The molecule has 0 saturated carbocycles. The van der Waals surface area contributed by atoms with Crippen molar-refractivity contribution in [3.8, 4) is 0 Å². The Hall–Kier alpha value is -2.83. The zero-order valence-corrected chi connectivity index (χ0v) is 18.5. The largest absolute Gasteiger partial charge is 0.387 e. The van der Waals surface area contributed by atoms with Crippen LogP contribution in [-0.4, -0.2) is 37.9 Å². The summed E-state index contributed by atoms with van der Waals surface area (Å²) in [7, 11) is 4.18. The molecule has 0 amide bonds. The molecule has 2 aliphatic rings. The second kappa shape index (κ2) is 9.54. The van der Waals surface area contributed by atoms with Crippen LogP contribution in [-0.2, 0) is 6.42 Å². The topological polar surface area (TPSA) is 51.7 Å². The number of dihydropyridines is 1. The summed E-state index contributed by atoms with van der Waals surface area (Å²) in [5.74, 6) is 0.385. The van der Waals surface area contributed by atoms with E-state index in [2.05, 4.69) is 59.2 Å². The summed E-state index contributed by atoms with van der Waals surface area (Å²) in [6.45, 7) is 1.75. The van der Waals surface area contributed by atoms with Crippen molar-refractivity contribution in [3.63, 3.8) is 0 Å². The third-order valence-electron chi connectivity index (χ3n) is 5.33. The van der Waals surface area contributed by atoms with Gasteiger partial charge in [0.05, 0.1) is 10.7 Å². The van der Waals surface area contributed by atoms with Gasteiger partial charge in [-0.1, -0.05) is 23.7 Å². The Morgan fingerprint density at radius 1 is 1.23 bits per heavy atom. The molecule has 31 heavy (non-hydrogen) atoms. The fourth-order valence-electron chi connectivity index (χ4n) is 3.71. The van der Waals surface area contributed by atoms with Gasteiger partial charge in [-0.25, -0.2) is 9.38 Å². The van der Waals surface area contributed by atoms with Gasteiger partial charge in [0.15, 0.2) is 0 Å². The summed E-state index contributed by atoms with van der Waals surface area (Å²) in [5.41, 5.74) is 5.07. The van der Waals surface area contributed by atoms with E-state index < -0.39 is 5.82 Å². The highest BCUT2D eigenvalue weighted by molar-refractivity contribution is 6.31. The monoisotopic (exact) mass is 439 g/mol. The Bertz CT molecular complexity index is 1040. The number of anilines is 1. The van der Waals surface area contributed by atoms with Crippen molar-refractivity contribution in [2.75, 3.05) is 32.5 Å². The first-order valence-corrected chi connectivity index (χ1v) is 10.8. The maximum Gasteiger partial charge on any atom is 0.141 e. The molecule has 4 rings (SSSR count). The first-order chi connectivity index (χ1) is 15.0. The number of benzene rings is 2. The molecule has 0 bridgehead atoms. The molecule has 5 nitrogen and oxygen atoms in total.